The van der Waals surface area contributed by atoms with Crippen LogP contribution in [-0.4, -0.2) is 37.4 Å². The van der Waals surface area contributed by atoms with Crippen LogP contribution in [0.4, 0.5) is 5.69 Å². The second-order valence-corrected chi connectivity index (χ2v) is 9.22. The lowest BCUT2D eigenvalue weighted by Gasteiger charge is -2.37. The Morgan fingerprint density at radius 2 is 1.97 bits per heavy atom. The number of anilines is 1. The highest BCUT2D eigenvalue weighted by Gasteiger charge is 2.56. The number of methoxy groups -OCH3 is 1. The minimum absolute atomic E-state index is 0.137. The molecule has 0 bridgehead atoms. The summed E-state index contributed by atoms with van der Waals surface area (Å²) in [6, 6.07) is 18.1. The minimum atomic E-state index is -1.05. The largest absolute Gasteiger partial charge is 0.469 e. The zero-order valence-corrected chi connectivity index (χ0v) is 20.6. The van der Waals surface area contributed by atoms with Crippen LogP contribution in [0.15, 0.2) is 70.4 Å². The van der Waals surface area contributed by atoms with Crippen molar-refractivity contribution in [3.05, 3.63) is 83.3 Å². The summed E-state index contributed by atoms with van der Waals surface area (Å²) in [6.45, 7) is 6.88. The standard InChI is InChI=1S/C26H30N3O3P/c1-17-7-12-21(18(2)16-17)29-26(3,25(30)27-13-15-31-4)23(22-6-5-14-32-22)24(28-29)19-8-10-20(33)11-9-19/h5-12,14,16,23H,13,15,33H2,1-4H3,(H,27,30). The fourth-order valence-corrected chi connectivity index (χ4v) is 4.62. The molecule has 6 nitrogen and oxygen atoms in total. The van der Waals surface area contributed by atoms with E-state index in [0.29, 0.717) is 18.9 Å². The number of aryl methyl sites for hydroxylation is 2. The highest BCUT2D eigenvalue weighted by Crippen LogP contribution is 2.45. The Balaban J connectivity index is 1.90. The predicted octanol–water partition coefficient (Wildman–Crippen LogP) is 3.93. The summed E-state index contributed by atoms with van der Waals surface area (Å²) in [4.78, 5) is 13.8. The van der Waals surface area contributed by atoms with Gasteiger partial charge in [0, 0.05) is 13.7 Å². The molecule has 2 aromatic carbocycles. The molecule has 0 fully saturated rings. The highest BCUT2D eigenvalue weighted by molar-refractivity contribution is 7.27. The van der Waals surface area contributed by atoms with Gasteiger partial charge in [-0.05, 0) is 55.4 Å². The van der Waals surface area contributed by atoms with Gasteiger partial charge in [0.2, 0.25) is 5.91 Å². The van der Waals surface area contributed by atoms with Gasteiger partial charge in [0.15, 0.2) is 5.54 Å². The van der Waals surface area contributed by atoms with E-state index in [1.54, 1.807) is 13.4 Å². The van der Waals surface area contributed by atoms with E-state index < -0.39 is 11.5 Å². The lowest BCUT2D eigenvalue weighted by molar-refractivity contribution is -0.126. The quantitative estimate of drug-likeness (QED) is 0.426. The van der Waals surface area contributed by atoms with Crippen molar-refractivity contribution < 1.29 is 13.9 Å². The number of nitrogens with zero attached hydrogens (tertiary/aromatic N) is 2. The number of hydrogen-bond acceptors (Lipinski definition) is 5. The van der Waals surface area contributed by atoms with Crippen LogP contribution in [-0.2, 0) is 9.53 Å². The molecule has 1 aliphatic heterocycles. The van der Waals surface area contributed by atoms with Gasteiger partial charge in [0.1, 0.15) is 5.76 Å². The Kier molecular flexibility index (Phi) is 6.68. The maximum atomic E-state index is 13.8. The van der Waals surface area contributed by atoms with E-state index in [0.717, 1.165) is 33.4 Å². The van der Waals surface area contributed by atoms with Gasteiger partial charge in [-0.2, -0.15) is 5.10 Å². The van der Waals surface area contributed by atoms with Crippen molar-refractivity contribution in [2.75, 3.05) is 25.3 Å². The number of benzene rings is 2. The van der Waals surface area contributed by atoms with Gasteiger partial charge < -0.3 is 14.5 Å². The molecule has 172 valence electrons. The third-order valence-corrected chi connectivity index (χ3v) is 6.53. The molecule has 3 aromatic rings. The number of furan rings is 1. The van der Waals surface area contributed by atoms with Crippen LogP contribution < -0.4 is 15.6 Å². The maximum absolute atomic E-state index is 13.8. The first kappa shape index (κ1) is 23.2. The smallest absolute Gasteiger partial charge is 0.248 e. The van der Waals surface area contributed by atoms with Crippen LogP contribution >= 0.6 is 9.24 Å². The van der Waals surface area contributed by atoms with E-state index in [1.807, 2.05) is 67.4 Å². The molecule has 4 rings (SSSR count). The Labute approximate surface area is 197 Å². The molecule has 1 amide bonds. The van der Waals surface area contributed by atoms with Crippen molar-refractivity contribution in [2.24, 2.45) is 5.10 Å². The van der Waals surface area contributed by atoms with E-state index in [2.05, 4.69) is 27.5 Å². The molecule has 0 saturated carbocycles. The lowest BCUT2D eigenvalue weighted by atomic mass is 9.78. The average Bonchev–Trinajstić information content (AvgIpc) is 3.41. The number of amides is 1. The summed E-state index contributed by atoms with van der Waals surface area (Å²) < 4.78 is 11.0. The average molecular weight is 464 g/mol. The molecule has 0 saturated heterocycles. The molecule has 0 radical (unpaired) electrons. The van der Waals surface area contributed by atoms with E-state index >= 15 is 0 Å². The monoisotopic (exact) mass is 463 g/mol. The lowest BCUT2D eigenvalue weighted by Crippen LogP contribution is -2.57. The Morgan fingerprint density at radius 3 is 2.61 bits per heavy atom. The molecule has 7 heteroatoms. The molecule has 1 N–H and O–H groups in total. The molecular weight excluding hydrogens is 433 g/mol. The minimum Gasteiger partial charge on any atom is -0.469 e. The number of hydrazone groups is 1. The first-order valence-electron chi connectivity index (χ1n) is 11.0. The molecule has 0 aliphatic carbocycles. The molecular formula is C26H30N3O3P. The first-order valence-corrected chi connectivity index (χ1v) is 11.6. The fraction of sp³-hybridized carbons (Fsp3) is 0.308. The number of hydrogen-bond donors (Lipinski definition) is 1. The molecule has 0 spiro atoms. The van der Waals surface area contributed by atoms with Crippen molar-refractivity contribution in [3.63, 3.8) is 0 Å². The van der Waals surface area contributed by atoms with Crippen LogP contribution in [0.3, 0.4) is 0 Å². The van der Waals surface area contributed by atoms with E-state index in [-0.39, 0.29) is 5.91 Å². The third kappa shape index (κ3) is 4.33. The number of carbonyl (C=O) groups is 1. The van der Waals surface area contributed by atoms with Gasteiger partial charge in [-0.25, -0.2) is 5.01 Å². The van der Waals surface area contributed by atoms with Gasteiger partial charge in [0.25, 0.3) is 0 Å². The van der Waals surface area contributed by atoms with E-state index in [1.165, 1.54) is 0 Å². The van der Waals surface area contributed by atoms with Crippen molar-refractivity contribution in [3.8, 4) is 0 Å². The SMILES string of the molecule is COCCNC(=O)C1(C)C(c2ccco2)C(c2ccc(P)cc2)=NN1c1ccc(C)cc1C. The molecule has 2 heterocycles. The molecule has 3 atom stereocenters. The van der Waals surface area contributed by atoms with E-state index in [9.17, 15) is 4.79 Å². The Morgan fingerprint density at radius 1 is 1.21 bits per heavy atom. The summed E-state index contributed by atoms with van der Waals surface area (Å²) in [5.74, 6) is 0.147. The number of rotatable bonds is 7. The predicted molar refractivity (Wildman–Crippen MR) is 135 cm³/mol. The maximum Gasteiger partial charge on any atom is 0.248 e. The van der Waals surface area contributed by atoms with Gasteiger partial charge in [0.05, 0.1) is 30.2 Å². The van der Waals surface area contributed by atoms with Crippen molar-refractivity contribution in [1.29, 1.82) is 0 Å². The number of ether oxygens (including phenoxy) is 1. The first-order chi connectivity index (χ1) is 15.9. The molecule has 33 heavy (non-hydrogen) atoms. The molecule has 1 aliphatic rings. The highest BCUT2D eigenvalue weighted by atomic mass is 31.0. The molecule has 1 aromatic heterocycles. The van der Waals surface area contributed by atoms with E-state index in [4.69, 9.17) is 14.3 Å². The summed E-state index contributed by atoms with van der Waals surface area (Å²) >= 11 is 0. The summed E-state index contributed by atoms with van der Waals surface area (Å²) in [5, 5.41) is 11.1. The van der Waals surface area contributed by atoms with Crippen LogP contribution in [0.2, 0.25) is 0 Å². The van der Waals surface area contributed by atoms with Crippen molar-refractivity contribution >= 4 is 31.9 Å². The Bertz CT molecular complexity index is 1160. The number of nitrogens with one attached hydrogen (secondary N) is 1. The van der Waals surface area contributed by atoms with Gasteiger partial charge in [-0.15, -0.1) is 9.24 Å². The zero-order valence-electron chi connectivity index (χ0n) is 19.5. The molecule has 3 unspecified atom stereocenters. The van der Waals surface area contributed by atoms with Gasteiger partial charge in [-0.1, -0.05) is 42.0 Å². The van der Waals surface area contributed by atoms with Crippen LogP contribution in [0, 0.1) is 13.8 Å². The van der Waals surface area contributed by atoms with Crippen molar-refractivity contribution in [2.45, 2.75) is 32.2 Å². The summed E-state index contributed by atoms with van der Waals surface area (Å²) in [6.07, 6.45) is 1.64. The summed E-state index contributed by atoms with van der Waals surface area (Å²) in [7, 11) is 4.32. The fourth-order valence-electron chi connectivity index (χ4n) is 4.42. The topological polar surface area (TPSA) is 67.1 Å². The normalized spacial score (nSPS) is 20.1. The van der Waals surface area contributed by atoms with Gasteiger partial charge in [-0.3, -0.25) is 4.79 Å². The second kappa shape index (κ2) is 9.50. The zero-order chi connectivity index (χ0) is 23.6. The summed E-state index contributed by atoms with van der Waals surface area (Å²) in [5.41, 5.74) is 3.78. The van der Waals surface area contributed by atoms with Gasteiger partial charge >= 0.3 is 0 Å². The number of carbonyl (C=O) groups excluding carboxylic acids is 1. The Hall–Kier alpha value is -2.95. The third-order valence-electron chi connectivity index (χ3n) is 6.15. The second-order valence-electron chi connectivity index (χ2n) is 8.55. The van der Waals surface area contributed by atoms with Crippen LogP contribution in [0.1, 0.15) is 35.3 Å². The van der Waals surface area contributed by atoms with Crippen molar-refractivity contribution in [1.82, 2.24) is 5.32 Å². The van der Waals surface area contributed by atoms with Crippen LogP contribution in [0.5, 0.6) is 0 Å². The van der Waals surface area contributed by atoms with Crippen LogP contribution in [0.25, 0.3) is 0 Å².